The summed E-state index contributed by atoms with van der Waals surface area (Å²) in [6, 6.07) is 7.09. The van der Waals surface area contributed by atoms with Gasteiger partial charge in [-0.05, 0) is 30.0 Å². The Balaban J connectivity index is 2.57. The van der Waals surface area contributed by atoms with Gasteiger partial charge in [0, 0.05) is 6.54 Å². The van der Waals surface area contributed by atoms with E-state index >= 15 is 0 Å². The van der Waals surface area contributed by atoms with E-state index in [4.69, 9.17) is 16.9 Å². The maximum Gasteiger partial charge on any atom is 0.0992 e. The molecule has 0 aliphatic rings. The van der Waals surface area contributed by atoms with Crippen molar-refractivity contribution in [1.82, 2.24) is 0 Å². The molecule has 0 aliphatic heterocycles. The van der Waals surface area contributed by atoms with Gasteiger partial charge in [-0.1, -0.05) is 32.4 Å². The fourth-order valence-electron chi connectivity index (χ4n) is 1.73. The van der Waals surface area contributed by atoms with E-state index in [2.05, 4.69) is 26.1 Å². The Labute approximate surface area is 113 Å². The van der Waals surface area contributed by atoms with Crippen LogP contribution in [-0.4, -0.2) is 17.8 Å². The topological polar surface area (TPSA) is 56.0 Å². The van der Waals surface area contributed by atoms with Gasteiger partial charge in [0.15, 0.2) is 0 Å². The van der Waals surface area contributed by atoms with Gasteiger partial charge in [-0.15, -0.1) is 0 Å². The number of benzene rings is 1. The average Bonchev–Trinajstić information content (AvgIpc) is 2.25. The molecular formula is C14H19ClN2O. The highest BCUT2D eigenvalue weighted by Crippen LogP contribution is 2.24. The molecule has 0 radical (unpaired) electrons. The Morgan fingerprint density at radius 1 is 1.44 bits per heavy atom. The molecule has 0 saturated heterocycles. The zero-order valence-corrected chi connectivity index (χ0v) is 11.8. The van der Waals surface area contributed by atoms with E-state index in [0.717, 1.165) is 5.69 Å². The second-order valence-electron chi connectivity index (χ2n) is 5.61. The number of anilines is 1. The second-order valence-corrected chi connectivity index (χ2v) is 6.01. The number of nitrogens with one attached hydrogen (secondary N) is 1. The van der Waals surface area contributed by atoms with E-state index in [9.17, 15) is 5.11 Å². The normalized spacial score (nSPS) is 12.9. The first kappa shape index (κ1) is 14.8. The predicted octanol–water partition coefficient (Wildman–Crippen LogP) is 3.42. The molecule has 1 rings (SSSR count). The Bertz CT molecular complexity index is 446. The number of nitriles is 1. The highest BCUT2D eigenvalue weighted by molar-refractivity contribution is 6.33. The Kier molecular flexibility index (Phi) is 5.01. The summed E-state index contributed by atoms with van der Waals surface area (Å²) in [4.78, 5) is 0. The highest BCUT2D eigenvalue weighted by atomic mass is 35.5. The van der Waals surface area contributed by atoms with E-state index in [1.807, 2.05) is 6.07 Å². The van der Waals surface area contributed by atoms with Crippen LogP contribution in [-0.2, 0) is 0 Å². The summed E-state index contributed by atoms with van der Waals surface area (Å²) in [5.41, 5.74) is 1.36. The smallest absolute Gasteiger partial charge is 0.0992 e. The van der Waals surface area contributed by atoms with Crippen molar-refractivity contribution in [2.24, 2.45) is 5.41 Å². The van der Waals surface area contributed by atoms with Gasteiger partial charge in [-0.2, -0.15) is 5.26 Å². The molecular weight excluding hydrogens is 248 g/mol. The van der Waals surface area contributed by atoms with Crippen LogP contribution in [0.3, 0.4) is 0 Å². The summed E-state index contributed by atoms with van der Waals surface area (Å²) in [6.07, 6.45) is 0.296. The minimum Gasteiger partial charge on any atom is -0.391 e. The van der Waals surface area contributed by atoms with Crippen molar-refractivity contribution in [3.63, 3.8) is 0 Å². The molecule has 0 heterocycles. The first-order chi connectivity index (χ1) is 8.31. The van der Waals surface area contributed by atoms with Crippen molar-refractivity contribution in [2.45, 2.75) is 33.3 Å². The number of nitrogens with zero attached hydrogens (tertiary/aromatic N) is 1. The van der Waals surface area contributed by atoms with Crippen LogP contribution < -0.4 is 5.32 Å². The molecule has 98 valence electrons. The molecule has 2 N–H and O–H groups in total. The van der Waals surface area contributed by atoms with Crippen LogP contribution in [0.1, 0.15) is 32.8 Å². The molecule has 0 fully saturated rings. The van der Waals surface area contributed by atoms with Crippen molar-refractivity contribution in [2.75, 3.05) is 11.9 Å². The van der Waals surface area contributed by atoms with Gasteiger partial charge in [0.1, 0.15) is 0 Å². The van der Waals surface area contributed by atoms with Gasteiger partial charge in [0.2, 0.25) is 0 Å². The average molecular weight is 267 g/mol. The van der Waals surface area contributed by atoms with Gasteiger partial charge in [-0.3, -0.25) is 0 Å². The molecule has 1 aromatic rings. The second kappa shape index (κ2) is 6.08. The van der Waals surface area contributed by atoms with Gasteiger partial charge in [0.05, 0.1) is 28.4 Å². The molecule has 1 aromatic carbocycles. The van der Waals surface area contributed by atoms with Crippen molar-refractivity contribution >= 4 is 17.3 Å². The minimum atomic E-state index is -0.420. The molecule has 4 heteroatoms. The minimum absolute atomic E-state index is 0.0928. The van der Waals surface area contributed by atoms with Crippen LogP contribution in [0.4, 0.5) is 5.69 Å². The Hall–Kier alpha value is -1.24. The van der Waals surface area contributed by atoms with Crippen LogP contribution >= 0.6 is 11.6 Å². The summed E-state index contributed by atoms with van der Waals surface area (Å²) in [5, 5.41) is 22.2. The van der Waals surface area contributed by atoms with E-state index < -0.39 is 6.10 Å². The number of hydrogen-bond donors (Lipinski definition) is 2. The molecule has 1 atom stereocenters. The number of halogens is 1. The largest absolute Gasteiger partial charge is 0.391 e. The molecule has 0 aromatic heterocycles. The van der Waals surface area contributed by atoms with Crippen molar-refractivity contribution in [1.29, 1.82) is 5.26 Å². The predicted molar refractivity (Wildman–Crippen MR) is 74.7 cm³/mol. The lowest BCUT2D eigenvalue weighted by Crippen LogP contribution is -2.25. The molecule has 0 spiro atoms. The molecule has 0 amide bonds. The monoisotopic (exact) mass is 266 g/mol. The molecule has 0 bridgehead atoms. The number of rotatable bonds is 4. The van der Waals surface area contributed by atoms with E-state index in [1.54, 1.807) is 18.2 Å². The van der Waals surface area contributed by atoms with Crippen molar-refractivity contribution in [3.8, 4) is 6.07 Å². The summed E-state index contributed by atoms with van der Waals surface area (Å²) < 4.78 is 0. The van der Waals surface area contributed by atoms with Crippen LogP contribution in [0.15, 0.2) is 18.2 Å². The molecule has 0 aliphatic carbocycles. The lowest BCUT2D eigenvalue weighted by molar-refractivity contribution is 0.132. The third-order valence-corrected chi connectivity index (χ3v) is 2.79. The summed E-state index contributed by atoms with van der Waals surface area (Å²) in [7, 11) is 0. The summed E-state index contributed by atoms with van der Waals surface area (Å²) in [5.74, 6) is 0. The van der Waals surface area contributed by atoms with Gasteiger partial charge < -0.3 is 10.4 Å². The van der Waals surface area contributed by atoms with Crippen LogP contribution in [0.25, 0.3) is 0 Å². The maximum atomic E-state index is 9.88. The zero-order valence-electron chi connectivity index (χ0n) is 11.0. The first-order valence-electron chi connectivity index (χ1n) is 5.93. The fourth-order valence-corrected chi connectivity index (χ4v) is 1.98. The van der Waals surface area contributed by atoms with E-state index in [1.165, 1.54) is 0 Å². The van der Waals surface area contributed by atoms with E-state index in [0.29, 0.717) is 23.6 Å². The van der Waals surface area contributed by atoms with Crippen LogP contribution in [0.2, 0.25) is 5.02 Å². The van der Waals surface area contributed by atoms with Crippen molar-refractivity contribution < 1.29 is 5.11 Å². The number of hydrogen-bond acceptors (Lipinski definition) is 3. The zero-order chi connectivity index (χ0) is 13.8. The third-order valence-electron chi connectivity index (χ3n) is 2.47. The Morgan fingerprint density at radius 3 is 2.61 bits per heavy atom. The van der Waals surface area contributed by atoms with Gasteiger partial charge in [0.25, 0.3) is 0 Å². The maximum absolute atomic E-state index is 9.88. The molecule has 18 heavy (non-hydrogen) atoms. The highest BCUT2D eigenvalue weighted by Gasteiger charge is 2.16. The fraction of sp³-hybridized carbons (Fsp3) is 0.500. The lowest BCUT2D eigenvalue weighted by Gasteiger charge is -2.23. The first-order valence-corrected chi connectivity index (χ1v) is 6.31. The Morgan fingerprint density at radius 2 is 2.11 bits per heavy atom. The summed E-state index contributed by atoms with van der Waals surface area (Å²) in [6.45, 7) is 6.71. The van der Waals surface area contributed by atoms with Gasteiger partial charge in [-0.25, -0.2) is 0 Å². The van der Waals surface area contributed by atoms with Crippen LogP contribution in [0.5, 0.6) is 0 Å². The molecule has 0 saturated carbocycles. The van der Waals surface area contributed by atoms with Crippen molar-refractivity contribution in [3.05, 3.63) is 28.8 Å². The standard InChI is InChI=1S/C14H19ClN2O/c1-14(2,3)7-11(18)9-17-13-5-4-10(8-16)6-12(13)15/h4-6,11,17-18H,7,9H2,1-3H3. The lowest BCUT2D eigenvalue weighted by atomic mass is 9.89. The SMILES string of the molecule is CC(C)(C)CC(O)CNc1ccc(C#N)cc1Cl. The number of aliphatic hydroxyl groups excluding tert-OH is 1. The van der Waals surface area contributed by atoms with E-state index in [-0.39, 0.29) is 5.41 Å². The number of aliphatic hydroxyl groups is 1. The molecule has 1 unspecified atom stereocenters. The van der Waals surface area contributed by atoms with Gasteiger partial charge >= 0.3 is 0 Å². The third kappa shape index (κ3) is 4.95. The quantitative estimate of drug-likeness (QED) is 0.878. The molecule has 3 nitrogen and oxygen atoms in total. The van der Waals surface area contributed by atoms with Crippen LogP contribution in [0, 0.1) is 16.7 Å². The summed E-state index contributed by atoms with van der Waals surface area (Å²) >= 11 is 6.03.